The van der Waals surface area contributed by atoms with Crippen LogP contribution in [0.4, 0.5) is 13.2 Å². The van der Waals surface area contributed by atoms with Gasteiger partial charge >= 0.3 is 12.1 Å². The Bertz CT molecular complexity index is 777. The summed E-state index contributed by atoms with van der Waals surface area (Å²) in [7, 11) is 0. The molecule has 0 aromatic heterocycles. The molecule has 0 atom stereocenters. The second kappa shape index (κ2) is 8.42. The van der Waals surface area contributed by atoms with Gasteiger partial charge in [-0.1, -0.05) is 41.9 Å². The van der Waals surface area contributed by atoms with E-state index in [2.05, 4.69) is 24.4 Å². The molecule has 2 aromatic carbocycles. The number of benzene rings is 2. The monoisotopic (exact) mass is 387 g/mol. The molecule has 3 rings (SSSR count). The first-order valence-electron chi connectivity index (χ1n) is 7.71. The van der Waals surface area contributed by atoms with E-state index >= 15 is 0 Å². The second-order valence-corrected chi connectivity index (χ2v) is 6.07. The third kappa shape index (κ3) is 5.37. The number of nitrogens with one attached hydrogen (secondary N) is 1. The molecule has 0 saturated carbocycles. The summed E-state index contributed by atoms with van der Waals surface area (Å²) in [6.07, 6.45) is -4.84. The molecule has 0 unspecified atom stereocenters. The fourth-order valence-corrected chi connectivity index (χ4v) is 2.35. The smallest absolute Gasteiger partial charge is 0.486 e. The molecule has 0 radical (unpaired) electrons. The third-order valence-electron chi connectivity index (χ3n) is 3.67. The van der Waals surface area contributed by atoms with Crippen molar-refractivity contribution in [2.75, 3.05) is 13.1 Å². The number of aliphatic carboxylic acids is 1. The van der Waals surface area contributed by atoms with Crippen LogP contribution >= 0.6 is 11.6 Å². The summed E-state index contributed by atoms with van der Waals surface area (Å²) in [6, 6.07) is 14.3. The summed E-state index contributed by atoms with van der Waals surface area (Å²) in [4.78, 5) is 8.90. The normalized spacial score (nSPS) is 14.0. The SMILES string of the molecule is Cc1ccccc1-c1ccc(Cl)c(OC2CNC2)c1.O=C(O)C(F)(F)F. The van der Waals surface area contributed by atoms with Crippen molar-refractivity contribution in [3.8, 4) is 16.9 Å². The van der Waals surface area contributed by atoms with Gasteiger partial charge in [0.05, 0.1) is 5.02 Å². The van der Waals surface area contributed by atoms with Gasteiger partial charge in [-0.25, -0.2) is 4.79 Å². The summed E-state index contributed by atoms with van der Waals surface area (Å²) in [5.41, 5.74) is 3.61. The molecule has 8 heteroatoms. The number of alkyl halides is 3. The predicted molar refractivity (Wildman–Crippen MR) is 92.6 cm³/mol. The van der Waals surface area contributed by atoms with Crippen molar-refractivity contribution < 1.29 is 27.8 Å². The Morgan fingerprint density at radius 1 is 1.23 bits per heavy atom. The minimum absolute atomic E-state index is 0.240. The van der Waals surface area contributed by atoms with Gasteiger partial charge in [0.1, 0.15) is 11.9 Å². The molecule has 1 saturated heterocycles. The first kappa shape index (κ1) is 20.1. The maximum absolute atomic E-state index is 10.6. The molecular formula is C18H17ClF3NO3. The Morgan fingerprint density at radius 2 is 1.85 bits per heavy atom. The fourth-order valence-electron chi connectivity index (χ4n) is 2.18. The Kier molecular flexibility index (Phi) is 6.50. The van der Waals surface area contributed by atoms with Crippen molar-refractivity contribution in [1.82, 2.24) is 5.32 Å². The lowest BCUT2D eigenvalue weighted by Crippen LogP contribution is -2.50. The highest BCUT2D eigenvalue weighted by Crippen LogP contribution is 2.32. The molecular weight excluding hydrogens is 371 g/mol. The average Bonchev–Trinajstić information content (AvgIpc) is 2.53. The number of aryl methyl sites for hydroxylation is 1. The van der Waals surface area contributed by atoms with Crippen LogP contribution in [0.15, 0.2) is 42.5 Å². The van der Waals surface area contributed by atoms with Crippen LogP contribution in [0.3, 0.4) is 0 Å². The minimum atomic E-state index is -5.08. The van der Waals surface area contributed by atoms with Crippen LogP contribution in [-0.2, 0) is 4.79 Å². The van der Waals surface area contributed by atoms with Gasteiger partial charge in [0.15, 0.2) is 0 Å². The first-order valence-corrected chi connectivity index (χ1v) is 8.09. The van der Waals surface area contributed by atoms with Crippen molar-refractivity contribution in [3.63, 3.8) is 0 Å². The summed E-state index contributed by atoms with van der Waals surface area (Å²) in [6.45, 7) is 3.90. The van der Waals surface area contributed by atoms with E-state index in [9.17, 15) is 13.2 Å². The van der Waals surface area contributed by atoms with E-state index in [0.717, 1.165) is 24.4 Å². The highest BCUT2D eigenvalue weighted by atomic mass is 35.5. The number of hydrogen-bond acceptors (Lipinski definition) is 3. The van der Waals surface area contributed by atoms with Crippen LogP contribution in [0, 0.1) is 6.92 Å². The topological polar surface area (TPSA) is 58.6 Å². The molecule has 4 nitrogen and oxygen atoms in total. The van der Waals surface area contributed by atoms with Crippen LogP contribution in [-0.4, -0.2) is 36.4 Å². The molecule has 0 bridgehead atoms. The highest BCUT2D eigenvalue weighted by molar-refractivity contribution is 6.32. The zero-order chi connectivity index (χ0) is 19.3. The largest absolute Gasteiger partial charge is 0.490 e. The van der Waals surface area contributed by atoms with Crippen molar-refractivity contribution in [3.05, 3.63) is 53.1 Å². The van der Waals surface area contributed by atoms with Gasteiger partial charge in [0, 0.05) is 13.1 Å². The first-order chi connectivity index (χ1) is 12.2. The van der Waals surface area contributed by atoms with E-state index in [-0.39, 0.29) is 6.10 Å². The van der Waals surface area contributed by atoms with Gasteiger partial charge in [-0.2, -0.15) is 13.2 Å². The number of ether oxygens (including phenoxy) is 1. The number of carboxylic acids is 1. The molecule has 2 aromatic rings. The molecule has 0 spiro atoms. The van der Waals surface area contributed by atoms with Crippen molar-refractivity contribution in [2.45, 2.75) is 19.2 Å². The minimum Gasteiger partial charge on any atom is -0.486 e. The van der Waals surface area contributed by atoms with Crippen LogP contribution < -0.4 is 10.1 Å². The van der Waals surface area contributed by atoms with Crippen LogP contribution in [0.25, 0.3) is 11.1 Å². The number of halogens is 4. The molecule has 1 heterocycles. The standard InChI is InChI=1S/C16H16ClNO.C2HF3O2/c1-11-4-2-3-5-14(11)12-6-7-15(17)16(8-12)19-13-9-18-10-13;3-2(4,5)1(6)7/h2-8,13,18H,9-10H2,1H3;(H,6,7). The third-order valence-corrected chi connectivity index (χ3v) is 3.98. The summed E-state index contributed by atoms with van der Waals surface area (Å²) < 4.78 is 37.6. The van der Waals surface area contributed by atoms with Gasteiger partial charge in [-0.3, -0.25) is 0 Å². The Labute approximate surface area is 153 Å². The molecule has 1 aliphatic rings. The number of hydrogen-bond donors (Lipinski definition) is 2. The van der Waals surface area contributed by atoms with E-state index < -0.39 is 12.1 Å². The second-order valence-electron chi connectivity index (χ2n) is 5.66. The summed E-state index contributed by atoms with van der Waals surface area (Å²) >= 11 is 6.20. The maximum Gasteiger partial charge on any atom is 0.490 e. The molecule has 0 amide bonds. The maximum atomic E-state index is 10.6. The zero-order valence-corrected chi connectivity index (χ0v) is 14.6. The van der Waals surface area contributed by atoms with Gasteiger partial charge < -0.3 is 15.2 Å². The van der Waals surface area contributed by atoms with Crippen LogP contribution in [0.1, 0.15) is 5.56 Å². The van der Waals surface area contributed by atoms with E-state index in [1.54, 1.807) is 0 Å². The summed E-state index contributed by atoms with van der Waals surface area (Å²) in [5, 5.41) is 11.0. The zero-order valence-electron chi connectivity index (χ0n) is 13.8. The Balaban J connectivity index is 0.000000298. The highest BCUT2D eigenvalue weighted by Gasteiger charge is 2.38. The quantitative estimate of drug-likeness (QED) is 0.824. The number of carboxylic acid groups (broad SMARTS) is 1. The molecule has 0 aliphatic carbocycles. The molecule has 1 aliphatic heterocycles. The number of carbonyl (C=O) groups is 1. The predicted octanol–water partition coefficient (Wildman–Crippen LogP) is 4.30. The fraction of sp³-hybridized carbons (Fsp3) is 0.278. The Hall–Kier alpha value is -2.25. The van der Waals surface area contributed by atoms with Crippen molar-refractivity contribution in [2.24, 2.45) is 0 Å². The van der Waals surface area contributed by atoms with Gasteiger partial charge in [0.2, 0.25) is 0 Å². The van der Waals surface area contributed by atoms with Crippen LogP contribution in [0.5, 0.6) is 5.75 Å². The molecule has 140 valence electrons. The lowest BCUT2D eigenvalue weighted by Gasteiger charge is -2.28. The molecule has 26 heavy (non-hydrogen) atoms. The summed E-state index contributed by atoms with van der Waals surface area (Å²) in [5.74, 6) is -1.98. The average molecular weight is 388 g/mol. The van der Waals surface area contributed by atoms with E-state index in [1.807, 2.05) is 30.3 Å². The molecule has 2 N–H and O–H groups in total. The van der Waals surface area contributed by atoms with Crippen molar-refractivity contribution in [1.29, 1.82) is 0 Å². The van der Waals surface area contributed by atoms with Crippen molar-refractivity contribution >= 4 is 17.6 Å². The lowest BCUT2D eigenvalue weighted by atomic mass is 10.0. The van der Waals surface area contributed by atoms with Crippen LogP contribution in [0.2, 0.25) is 5.02 Å². The van der Waals surface area contributed by atoms with E-state index in [1.165, 1.54) is 11.1 Å². The van der Waals surface area contributed by atoms with Gasteiger partial charge in [-0.05, 0) is 35.7 Å². The van der Waals surface area contributed by atoms with Gasteiger partial charge in [0.25, 0.3) is 0 Å². The molecule has 1 fully saturated rings. The van der Waals surface area contributed by atoms with E-state index in [0.29, 0.717) is 5.02 Å². The Morgan fingerprint density at radius 3 is 2.35 bits per heavy atom. The van der Waals surface area contributed by atoms with Gasteiger partial charge in [-0.15, -0.1) is 0 Å². The van der Waals surface area contributed by atoms with E-state index in [4.69, 9.17) is 26.2 Å². The number of rotatable bonds is 3. The lowest BCUT2D eigenvalue weighted by molar-refractivity contribution is -0.192.